The molecule has 0 saturated heterocycles. The van der Waals surface area contributed by atoms with E-state index >= 15 is 0 Å². The van der Waals surface area contributed by atoms with Crippen molar-refractivity contribution in [3.8, 4) is 0 Å². The minimum absolute atomic E-state index is 0.0741. The topological polar surface area (TPSA) is 25.8 Å². The molecule has 2 nitrogen and oxygen atoms in total. The molecule has 0 N–H and O–H groups in total. The third kappa shape index (κ3) is 3.08. The van der Waals surface area contributed by atoms with E-state index < -0.39 is 5.51 Å². The zero-order valence-electron chi connectivity index (χ0n) is 6.09. The van der Waals surface area contributed by atoms with Crippen LogP contribution >= 0.6 is 11.8 Å². The van der Waals surface area contributed by atoms with Gasteiger partial charge in [0, 0.05) is 17.5 Å². The van der Waals surface area contributed by atoms with Crippen molar-refractivity contribution in [2.45, 2.75) is 17.5 Å². The summed E-state index contributed by atoms with van der Waals surface area (Å²) in [6.45, 7) is 1.61. The quantitative estimate of drug-likeness (QED) is 0.507. The number of aromatic nitrogens is 2. The first-order chi connectivity index (χ1) is 5.47. The Labute approximate surface area is 71.2 Å². The molecule has 0 aliphatic heterocycles. The first-order valence-electron chi connectivity index (χ1n) is 3.02. The molecule has 0 radical (unpaired) electrons. The van der Waals surface area contributed by atoms with Crippen LogP contribution in [0.25, 0.3) is 0 Å². The largest absolute Gasteiger partial charge is 0.447 e. The number of nitrogens with zero attached hydrogens (tertiary/aromatic N) is 2. The van der Waals surface area contributed by atoms with Crippen LogP contribution in [-0.2, 0) is 0 Å². The molecular formula is C6H5F3N2S. The van der Waals surface area contributed by atoms with Crippen molar-refractivity contribution in [3.05, 3.63) is 18.1 Å². The minimum atomic E-state index is -4.28. The molecule has 0 spiro atoms. The molecule has 1 aromatic rings. The summed E-state index contributed by atoms with van der Waals surface area (Å²) in [6, 6.07) is 1.29. The van der Waals surface area contributed by atoms with E-state index in [9.17, 15) is 13.2 Å². The average molecular weight is 194 g/mol. The van der Waals surface area contributed by atoms with Gasteiger partial charge in [-0.3, -0.25) is 0 Å². The lowest BCUT2D eigenvalue weighted by atomic mass is 10.5. The van der Waals surface area contributed by atoms with Gasteiger partial charge in [0.2, 0.25) is 0 Å². The van der Waals surface area contributed by atoms with Crippen molar-refractivity contribution >= 4 is 11.8 Å². The fourth-order valence-electron chi connectivity index (χ4n) is 0.604. The Balaban J connectivity index is 2.77. The summed E-state index contributed by atoms with van der Waals surface area (Å²) in [5.74, 6) is 0. The lowest BCUT2D eigenvalue weighted by Crippen LogP contribution is -2.00. The van der Waals surface area contributed by atoms with E-state index in [4.69, 9.17) is 0 Å². The van der Waals surface area contributed by atoms with Gasteiger partial charge in [0.25, 0.3) is 0 Å². The second kappa shape index (κ2) is 3.30. The zero-order valence-corrected chi connectivity index (χ0v) is 6.91. The molecule has 0 amide bonds. The predicted molar refractivity (Wildman–Crippen MR) is 38.7 cm³/mol. The van der Waals surface area contributed by atoms with Gasteiger partial charge in [0.15, 0.2) is 0 Å². The maximum absolute atomic E-state index is 11.8. The smallest absolute Gasteiger partial charge is 0.242 e. The van der Waals surface area contributed by atoms with Crippen LogP contribution in [0.1, 0.15) is 5.69 Å². The van der Waals surface area contributed by atoms with Crippen molar-refractivity contribution in [3.63, 3.8) is 0 Å². The maximum atomic E-state index is 11.8. The summed E-state index contributed by atoms with van der Waals surface area (Å²) in [5.41, 5.74) is -3.75. The minimum Gasteiger partial charge on any atom is -0.242 e. The van der Waals surface area contributed by atoms with E-state index in [2.05, 4.69) is 9.97 Å². The highest BCUT2D eigenvalue weighted by Crippen LogP contribution is 2.35. The van der Waals surface area contributed by atoms with Crippen molar-refractivity contribution in [1.29, 1.82) is 0 Å². The monoisotopic (exact) mass is 194 g/mol. The van der Waals surface area contributed by atoms with Gasteiger partial charge in [-0.15, -0.1) is 0 Å². The van der Waals surface area contributed by atoms with Gasteiger partial charge in [-0.2, -0.15) is 13.2 Å². The van der Waals surface area contributed by atoms with Crippen LogP contribution in [0.3, 0.4) is 0 Å². The molecule has 1 rings (SSSR count). The summed E-state index contributed by atoms with van der Waals surface area (Å²) < 4.78 is 35.3. The lowest BCUT2D eigenvalue weighted by Gasteiger charge is -2.03. The summed E-state index contributed by atoms with van der Waals surface area (Å²) in [7, 11) is 0. The number of hydrogen-bond acceptors (Lipinski definition) is 3. The highest BCUT2D eigenvalue weighted by molar-refractivity contribution is 8.00. The summed E-state index contributed by atoms with van der Waals surface area (Å²) in [4.78, 5) is 7.13. The van der Waals surface area contributed by atoms with Gasteiger partial charge in [0.1, 0.15) is 11.4 Å². The van der Waals surface area contributed by atoms with Gasteiger partial charge in [-0.1, -0.05) is 0 Å². The molecular weight excluding hydrogens is 189 g/mol. The van der Waals surface area contributed by atoms with E-state index in [1.165, 1.54) is 6.07 Å². The number of halogens is 3. The van der Waals surface area contributed by atoms with Crippen molar-refractivity contribution in [2.24, 2.45) is 0 Å². The second-order valence-corrected chi connectivity index (χ2v) is 3.13. The lowest BCUT2D eigenvalue weighted by molar-refractivity contribution is -0.0329. The molecule has 1 heterocycles. The van der Waals surface area contributed by atoms with E-state index in [0.717, 1.165) is 6.33 Å². The molecule has 0 aromatic carbocycles. The molecule has 6 heteroatoms. The molecule has 0 aliphatic carbocycles. The Hall–Kier alpha value is -0.780. The molecule has 66 valence electrons. The van der Waals surface area contributed by atoms with Crippen LogP contribution in [-0.4, -0.2) is 15.5 Å². The van der Waals surface area contributed by atoms with Crippen molar-refractivity contribution in [1.82, 2.24) is 9.97 Å². The van der Waals surface area contributed by atoms with Crippen LogP contribution in [0.5, 0.6) is 0 Å². The summed E-state index contributed by atoms with van der Waals surface area (Å²) >= 11 is -0.236. The summed E-state index contributed by atoms with van der Waals surface area (Å²) in [6.07, 6.45) is 1.11. The van der Waals surface area contributed by atoms with Gasteiger partial charge in [-0.05, 0) is 13.0 Å². The molecule has 0 unspecified atom stereocenters. The fraction of sp³-hybridized carbons (Fsp3) is 0.333. The molecule has 1 aromatic heterocycles. The highest BCUT2D eigenvalue weighted by Gasteiger charge is 2.29. The van der Waals surface area contributed by atoms with Crippen LogP contribution in [0.4, 0.5) is 13.2 Å². The zero-order chi connectivity index (χ0) is 9.19. The number of rotatable bonds is 1. The van der Waals surface area contributed by atoms with E-state index in [-0.39, 0.29) is 16.8 Å². The molecule has 0 atom stereocenters. The van der Waals surface area contributed by atoms with Gasteiger partial charge in [0.05, 0.1) is 0 Å². The molecule has 0 bridgehead atoms. The SMILES string of the molecule is Cc1cc(SC(F)(F)F)ncn1. The van der Waals surface area contributed by atoms with E-state index in [1.54, 1.807) is 6.92 Å². The standard InChI is InChI=1S/C6H5F3N2S/c1-4-2-5(11-3-10-4)12-6(7,8)9/h2-3H,1H3. The molecule has 12 heavy (non-hydrogen) atoms. The van der Waals surface area contributed by atoms with Gasteiger partial charge in [-0.25, -0.2) is 9.97 Å². The van der Waals surface area contributed by atoms with E-state index in [1.807, 2.05) is 0 Å². The first kappa shape index (κ1) is 9.31. The van der Waals surface area contributed by atoms with Crippen LogP contribution in [0.2, 0.25) is 0 Å². The number of aryl methyl sites for hydroxylation is 1. The van der Waals surface area contributed by atoms with Gasteiger partial charge < -0.3 is 0 Å². The normalized spacial score (nSPS) is 11.7. The van der Waals surface area contributed by atoms with Crippen LogP contribution < -0.4 is 0 Å². The Kier molecular flexibility index (Phi) is 2.56. The third-order valence-corrected chi connectivity index (χ3v) is 1.66. The van der Waals surface area contributed by atoms with Crippen LogP contribution in [0, 0.1) is 6.92 Å². The first-order valence-corrected chi connectivity index (χ1v) is 3.83. The predicted octanol–water partition coefficient (Wildman–Crippen LogP) is 2.40. The fourth-order valence-corrected chi connectivity index (χ4v) is 1.17. The second-order valence-electron chi connectivity index (χ2n) is 2.05. The Morgan fingerprint density at radius 3 is 2.50 bits per heavy atom. The third-order valence-electron chi connectivity index (χ3n) is 0.999. The number of thioether (sulfide) groups is 1. The Morgan fingerprint density at radius 1 is 1.33 bits per heavy atom. The van der Waals surface area contributed by atoms with E-state index in [0.29, 0.717) is 5.69 Å². The van der Waals surface area contributed by atoms with Gasteiger partial charge >= 0.3 is 5.51 Å². The highest BCUT2D eigenvalue weighted by atomic mass is 32.2. The Morgan fingerprint density at radius 2 is 2.00 bits per heavy atom. The Bertz CT molecular complexity index is 274. The average Bonchev–Trinajstić information content (AvgIpc) is 1.82. The molecule has 0 fully saturated rings. The maximum Gasteiger partial charge on any atom is 0.447 e. The number of hydrogen-bond donors (Lipinski definition) is 0. The number of alkyl halides is 3. The summed E-state index contributed by atoms with van der Waals surface area (Å²) in [5, 5.41) is -0.0741. The molecule has 0 saturated carbocycles. The van der Waals surface area contributed by atoms with Crippen molar-refractivity contribution in [2.75, 3.05) is 0 Å². The molecule has 0 aliphatic rings. The van der Waals surface area contributed by atoms with Crippen LogP contribution in [0.15, 0.2) is 17.4 Å². The van der Waals surface area contributed by atoms with Crippen molar-refractivity contribution < 1.29 is 13.2 Å².